The maximum Gasteiger partial charge on any atom is 0.194 e. The lowest BCUT2D eigenvalue weighted by Gasteiger charge is -2.62. The highest BCUT2D eigenvalue weighted by molar-refractivity contribution is 5.81. The first-order valence-electron chi connectivity index (χ1n) is 6.39. The van der Waals surface area contributed by atoms with E-state index in [9.17, 15) is 0 Å². The molecule has 1 fully saturated rings. The topological polar surface area (TPSA) is 40.8 Å². The smallest absolute Gasteiger partial charge is 0.194 e. The van der Waals surface area contributed by atoms with Crippen molar-refractivity contribution in [3.05, 3.63) is 24.2 Å². The van der Waals surface area contributed by atoms with Gasteiger partial charge in [0.1, 0.15) is 5.76 Å². The van der Waals surface area contributed by atoms with E-state index in [1.54, 1.807) is 6.26 Å². The highest BCUT2D eigenvalue weighted by atomic mass is 16.3. The lowest BCUT2D eigenvalue weighted by atomic mass is 9.65. The molecule has 4 nitrogen and oxygen atoms in total. The summed E-state index contributed by atoms with van der Waals surface area (Å²) in [4.78, 5) is 6.68. The molecule has 2 rings (SSSR count). The van der Waals surface area contributed by atoms with Crippen LogP contribution in [0.2, 0.25) is 0 Å². The van der Waals surface area contributed by atoms with Gasteiger partial charge in [-0.2, -0.15) is 0 Å². The van der Waals surface area contributed by atoms with E-state index < -0.39 is 0 Å². The third kappa shape index (κ3) is 2.00. The van der Waals surface area contributed by atoms with Crippen molar-refractivity contribution in [2.24, 2.45) is 10.4 Å². The number of furan rings is 1. The minimum absolute atomic E-state index is 0.123. The van der Waals surface area contributed by atoms with Gasteiger partial charge >= 0.3 is 0 Å². The lowest BCUT2D eigenvalue weighted by Crippen LogP contribution is -2.72. The molecule has 1 N–H and O–H groups in total. The van der Waals surface area contributed by atoms with Crippen LogP contribution >= 0.6 is 0 Å². The zero-order valence-electron chi connectivity index (χ0n) is 11.9. The molecule has 0 spiro atoms. The third-order valence-electron chi connectivity index (χ3n) is 4.35. The van der Waals surface area contributed by atoms with Gasteiger partial charge in [0.2, 0.25) is 0 Å². The second-order valence-corrected chi connectivity index (χ2v) is 6.01. The average molecular weight is 249 g/mol. The van der Waals surface area contributed by atoms with E-state index in [-0.39, 0.29) is 5.54 Å². The molecule has 0 atom stereocenters. The van der Waals surface area contributed by atoms with Gasteiger partial charge < -0.3 is 14.6 Å². The molecule has 0 bridgehead atoms. The van der Waals surface area contributed by atoms with Gasteiger partial charge in [-0.05, 0) is 26.0 Å². The molecule has 0 amide bonds. The van der Waals surface area contributed by atoms with E-state index in [2.05, 4.69) is 42.9 Å². The monoisotopic (exact) mass is 249 g/mol. The number of aliphatic imine (C=N–C) groups is 1. The summed E-state index contributed by atoms with van der Waals surface area (Å²) in [5.74, 6) is 1.87. The van der Waals surface area contributed by atoms with Crippen molar-refractivity contribution in [1.29, 1.82) is 0 Å². The van der Waals surface area contributed by atoms with E-state index in [1.165, 1.54) is 0 Å². The van der Waals surface area contributed by atoms with Crippen molar-refractivity contribution in [3.63, 3.8) is 0 Å². The van der Waals surface area contributed by atoms with Gasteiger partial charge in [-0.1, -0.05) is 13.8 Å². The molecule has 18 heavy (non-hydrogen) atoms. The maximum absolute atomic E-state index is 5.32. The molecule has 2 heterocycles. The van der Waals surface area contributed by atoms with Crippen molar-refractivity contribution in [3.8, 4) is 0 Å². The van der Waals surface area contributed by atoms with Crippen LogP contribution in [0.15, 0.2) is 27.8 Å². The summed E-state index contributed by atoms with van der Waals surface area (Å²) in [5.41, 5.74) is 0.438. The minimum Gasteiger partial charge on any atom is -0.467 e. The predicted octanol–water partition coefficient (Wildman–Crippen LogP) is 2.48. The van der Waals surface area contributed by atoms with E-state index in [0.717, 1.165) is 18.3 Å². The second kappa shape index (κ2) is 4.34. The van der Waals surface area contributed by atoms with Gasteiger partial charge in [0.15, 0.2) is 5.96 Å². The van der Waals surface area contributed by atoms with Crippen LogP contribution in [-0.2, 0) is 6.54 Å². The van der Waals surface area contributed by atoms with E-state index in [1.807, 2.05) is 19.2 Å². The van der Waals surface area contributed by atoms with E-state index >= 15 is 0 Å². The molecule has 100 valence electrons. The Balaban J connectivity index is 1.99. The number of rotatable bonds is 2. The van der Waals surface area contributed by atoms with Gasteiger partial charge in [-0.25, -0.2) is 0 Å². The van der Waals surface area contributed by atoms with Crippen molar-refractivity contribution in [1.82, 2.24) is 10.2 Å². The Morgan fingerprint density at radius 2 is 2.17 bits per heavy atom. The first-order chi connectivity index (χ1) is 8.38. The van der Waals surface area contributed by atoms with Gasteiger partial charge in [0.05, 0.1) is 12.8 Å². The van der Waals surface area contributed by atoms with Crippen LogP contribution in [-0.4, -0.2) is 30.0 Å². The molecule has 0 aromatic carbocycles. The normalized spacial score (nSPS) is 21.6. The summed E-state index contributed by atoms with van der Waals surface area (Å²) in [6, 6.07) is 3.86. The van der Waals surface area contributed by atoms with Crippen LogP contribution in [0.1, 0.15) is 33.5 Å². The fourth-order valence-electron chi connectivity index (χ4n) is 2.27. The molecule has 1 saturated heterocycles. The molecule has 1 aromatic heterocycles. The highest BCUT2D eigenvalue weighted by Crippen LogP contribution is 2.46. The number of nitrogens with one attached hydrogen (secondary N) is 1. The van der Waals surface area contributed by atoms with Crippen LogP contribution in [0.5, 0.6) is 0 Å². The summed E-state index contributed by atoms with van der Waals surface area (Å²) in [5, 5.41) is 3.35. The van der Waals surface area contributed by atoms with Crippen molar-refractivity contribution >= 4 is 5.96 Å². The standard InChI is InChI=1S/C14H23N3O/c1-13(2)10-17(14(13,3)4)12(15-5)16-9-11-7-6-8-18-11/h6-8H,9-10H2,1-5H3,(H,15,16). The van der Waals surface area contributed by atoms with Crippen LogP contribution in [0.3, 0.4) is 0 Å². The molecule has 1 aliphatic heterocycles. The number of hydrogen-bond acceptors (Lipinski definition) is 2. The first kappa shape index (κ1) is 13.0. The Kier molecular flexibility index (Phi) is 3.13. The number of likely N-dealkylation sites (tertiary alicyclic amines) is 1. The maximum atomic E-state index is 5.32. The Morgan fingerprint density at radius 3 is 2.61 bits per heavy atom. The van der Waals surface area contributed by atoms with Crippen molar-refractivity contribution < 1.29 is 4.42 Å². The fraction of sp³-hybridized carbons (Fsp3) is 0.643. The Hall–Kier alpha value is -1.45. The molecule has 0 aliphatic carbocycles. The second-order valence-electron chi connectivity index (χ2n) is 6.01. The molecule has 4 heteroatoms. The van der Waals surface area contributed by atoms with E-state index in [4.69, 9.17) is 4.42 Å². The molecule has 1 aliphatic rings. The van der Waals surface area contributed by atoms with Crippen molar-refractivity contribution in [2.75, 3.05) is 13.6 Å². The largest absolute Gasteiger partial charge is 0.467 e. The SMILES string of the molecule is CN=C(NCc1ccco1)N1CC(C)(C)C1(C)C. The zero-order valence-corrected chi connectivity index (χ0v) is 11.9. The molecule has 0 saturated carbocycles. The Bertz CT molecular complexity index is 432. The van der Waals surface area contributed by atoms with Gasteiger partial charge in [0.25, 0.3) is 0 Å². The summed E-state index contributed by atoms with van der Waals surface area (Å²) in [7, 11) is 1.83. The molecule has 0 radical (unpaired) electrons. The average Bonchev–Trinajstić information content (AvgIpc) is 2.81. The first-order valence-corrected chi connectivity index (χ1v) is 6.39. The quantitative estimate of drug-likeness (QED) is 0.646. The van der Waals surface area contributed by atoms with E-state index in [0.29, 0.717) is 12.0 Å². The summed E-state index contributed by atoms with van der Waals surface area (Å²) >= 11 is 0. The molecule has 0 unspecified atom stereocenters. The van der Waals surface area contributed by atoms with Gasteiger partial charge in [0, 0.05) is 24.5 Å². The number of hydrogen-bond donors (Lipinski definition) is 1. The van der Waals surface area contributed by atoms with Crippen molar-refractivity contribution in [2.45, 2.75) is 39.8 Å². The molecular formula is C14H23N3O. The van der Waals surface area contributed by atoms with Gasteiger partial charge in [-0.15, -0.1) is 0 Å². The Morgan fingerprint density at radius 1 is 1.44 bits per heavy atom. The highest BCUT2D eigenvalue weighted by Gasteiger charge is 2.53. The fourth-order valence-corrected chi connectivity index (χ4v) is 2.27. The van der Waals surface area contributed by atoms with Gasteiger partial charge in [-0.3, -0.25) is 4.99 Å². The van der Waals surface area contributed by atoms with Crippen LogP contribution < -0.4 is 5.32 Å². The molecule has 1 aromatic rings. The minimum atomic E-state index is 0.123. The number of nitrogens with zero attached hydrogens (tertiary/aromatic N) is 2. The third-order valence-corrected chi connectivity index (χ3v) is 4.35. The number of guanidine groups is 1. The summed E-state index contributed by atoms with van der Waals surface area (Å²) in [6.45, 7) is 10.8. The Labute approximate surface area is 109 Å². The summed E-state index contributed by atoms with van der Waals surface area (Å²) in [6.07, 6.45) is 1.69. The molecular weight excluding hydrogens is 226 g/mol. The summed E-state index contributed by atoms with van der Waals surface area (Å²) < 4.78 is 5.32. The van der Waals surface area contributed by atoms with Crippen LogP contribution in [0, 0.1) is 5.41 Å². The zero-order chi connectivity index (χ0) is 13.4. The van der Waals surface area contributed by atoms with Crippen LogP contribution in [0.4, 0.5) is 0 Å². The predicted molar refractivity (Wildman–Crippen MR) is 73.5 cm³/mol. The lowest BCUT2D eigenvalue weighted by molar-refractivity contribution is -0.0668. The van der Waals surface area contributed by atoms with Crippen LogP contribution in [0.25, 0.3) is 0 Å².